The van der Waals surface area contributed by atoms with E-state index in [1.807, 2.05) is 13.0 Å². The SMILES string of the molecule is CCN(CC(C)(C)O)C(=O)Cn1cnc2ccccc2c1=O. The monoisotopic (exact) mass is 303 g/mol. The van der Waals surface area contributed by atoms with E-state index in [9.17, 15) is 14.7 Å². The molecular formula is C16H21N3O3. The van der Waals surface area contributed by atoms with Gasteiger partial charge in [-0.2, -0.15) is 0 Å². The van der Waals surface area contributed by atoms with Crippen LogP contribution in [0.15, 0.2) is 35.4 Å². The minimum Gasteiger partial charge on any atom is -0.389 e. The van der Waals surface area contributed by atoms with Gasteiger partial charge < -0.3 is 10.0 Å². The van der Waals surface area contributed by atoms with Crippen LogP contribution in [0, 0.1) is 0 Å². The standard InChI is InChI=1S/C16H21N3O3/c1-4-18(10-16(2,3)22)14(20)9-19-11-17-13-8-6-5-7-12(13)15(19)21/h5-8,11,22H,4,9-10H2,1-3H3. The quantitative estimate of drug-likeness (QED) is 0.894. The van der Waals surface area contributed by atoms with E-state index in [2.05, 4.69) is 4.98 Å². The summed E-state index contributed by atoms with van der Waals surface area (Å²) < 4.78 is 1.30. The van der Waals surface area contributed by atoms with E-state index < -0.39 is 5.60 Å². The largest absolute Gasteiger partial charge is 0.389 e. The molecule has 6 nitrogen and oxygen atoms in total. The molecule has 0 aliphatic carbocycles. The topological polar surface area (TPSA) is 75.4 Å². The summed E-state index contributed by atoms with van der Waals surface area (Å²) in [6.45, 7) is 5.74. The molecule has 22 heavy (non-hydrogen) atoms. The molecule has 0 atom stereocenters. The fourth-order valence-corrected chi connectivity index (χ4v) is 2.31. The molecule has 1 N–H and O–H groups in total. The van der Waals surface area contributed by atoms with Crippen LogP contribution in [0.25, 0.3) is 10.9 Å². The van der Waals surface area contributed by atoms with Crippen LogP contribution in [0.3, 0.4) is 0 Å². The van der Waals surface area contributed by atoms with Crippen LogP contribution < -0.4 is 5.56 Å². The highest BCUT2D eigenvalue weighted by atomic mass is 16.3. The molecule has 1 aromatic heterocycles. The number of carbonyl (C=O) groups excluding carboxylic acids is 1. The summed E-state index contributed by atoms with van der Waals surface area (Å²) >= 11 is 0. The maximum Gasteiger partial charge on any atom is 0.261 e. The first-order chi connectivity index (χ1) is 10.3. The molecule has 0 bridgehead atoms. The van der Waals surface area contributed by atoms with Gasteiger partial charge in [0.1, 0.15) is 6.54 Å². The fraction of sp³-hybridized carbons (Fsp3) is 0.438. The lowest BCUT2D eigenvalue weighted by molar-refractivity contribution is -0.134. The number of para-hydroxylation sites is 1. The normalized spacial score (nSPS) is 11.6. The molecule has 118 valence electrons. The lowest BCUT2D eigenvalue weighted by atomic mass is 10.1. The number of likely N-dealkylation sites (N-methyl/N-ethyl adjacent to an activating group) is 1. The van der Waals surface area contributed by atoms with Crippen LogP contribution in [0.1, 0.15) is 20.8 Å². The molecule has 0 saturated carbocycles. The Morgan fingerprint density at radius 3 is 2.68 bits per heavy atom. The van der Waals surface area contributed by atoms with Gasteiger partial charge in [-0.05, 0) is 32.9 Å². The van der Waals surface area contributed by atoms with E-state index in [4.69, 9.17) is 0 Å². The van der Waals surface area contributed by atoms with Gasteiger partial charge in [-0.3, -0.25) is 14.2 Å². The van der Waals surface area contributed by atoms with Crippen LogP contribution in [-0.4, -0.2) is 44.2 Å². The molecule has 0 aliphatic heterocycles. The number of hydrogen-bond donors (Lipinski definition) is 1. The lowest BCUT2D eigenvalue weighted by Gasteiger charge is -2.28. The van der Waals surface area contributed by atoms with Crippen LogP contribution in [0.2, 0.25) is 0 Å². The summed E-state index contributed by atoms with van der Waals surface area (Å²) in [5, 5.41) is 10.3. The van der Waals surface area contributed by atoms with Crippen molar-refractivity contribution in [3.05, 3.63) is 40.9 Å². The minimum atomic E-state index is -0.974. The van der Waals surface area contributed by atoms with Crippen LogP contribution >= 0.6 is 0 Å². The van der Waals surface area contributed by atoms with E-state index in [0.29, 0.717) is 17.4 Å². The van der Waals surface area contributed by atoms with E-state index in [0.717, 1.165) is 0 Å². The van der Waals surface area contributed by atoms with Crippen molar-refractivity contribution in [3.63, 3.8) is 0 Å². The predicted molar refractivity (Wildman–Crippen MR) is 84.6 cm³/mol. The van der Waals surface area contributed by atoms with Gasteiger partial charge in [-0.1, -0.05) is 12.1 Å². The minimum absolute atomic E-state index is 0.0828. The molecule has 0 aliphatic rings. The first-order valence-electron chi connectivity index (χ1n) is 7.26. The van der Waals surface area contributed by atoms with Crippen molar-refractivity contribution in [1.82, 2.24) is 14.5 Å². The van der Waals surface area contributed by atoms with Crippen LogP contribution in [0.5, 0.6) is 0 Å². The Hall–Kier alpha value is -2.21. The van der Waals surface area contributed by atoms with Crippen LogP contribution in [-0.2, 0) is 11.3 Å². The van der Waals surface area contributed by atoms with Gasteiger partial charge in [0.2, 0.25) is 5.91 Å². The number of amides is 1. The molecule has 0 spiro atoms. The summed E-state index contributed by atoms with van der Waals surface area (Å²) in [5.41, 5.74) is -0.601. The first kappa shape index (κ1) is 16.2. The first-order valence-corrected chi connectivity index (χ1v) is 7.26. The van der Waals surface area contributed by atoms with Gasteiger partial charge in [-0.15, -0.1) is 0 Å². The Morgan fingerprint density at radius 1 is 1.36 bits per heavy atom. The number of benzene rings is 1. The van der Waals surface area contributed by atoms with Crippen molar-refractivity contribution in [1.29, 1.82) is 0 Å². The smallest absolute Gasteiger partial charge is 0.261 e. The number of aliphatic hydroxyl groups is 1. The molecule has 1 amide bonds. The number of hydrogen-bond acceptors (Lipinski definition) is 4. The number of aromatic nitrogens is 2. The van der Waals surface area contributed by atoms with Crippen molar-refractivity contribution in [2.45, 2.75) is 32.9 Å². The van der Waals surface area contributed by atoms with Gasteiger partial charge in [0.15, 0.2) is 0 Å². The van der Waals surface area contributed by atoms with Gasteiger partial charge in [0.25, 0.3) is 5.56 Å². The molecule has 0 saturated heterocycles. The van der Waals surface area contributed by atoms with Gasteiger partial charge >= 0.3 is 0 Å². The maximum absolute atomic E-state index is 12.4. The zero-order valence-corrected chi connectivity index (χ0v) is 13.1. The van der Waals surface area contributed by atoms with Gasteiger partial charge in [0.05, 0.1) is 22.8 Å². The molecule has 1 aromatic carbocycles. The second-order valence-corrected chi connectivity index (χ2v) is 5.92. The zero-order valence-electron chi connectivity index (χ0n) is 13.1. The van der Waals surface area contributed by atoms with E-state index in [1.165, 1.54) is 15.8 Å². The van der Waals surface area contributed by atoms with E-state index >= 15 is 0 Å². The summed E-state index contributed by atoms with van der Waals surface area (Å²) in [6.07, 6.45) is 1.39. The third-order valence-electron chi connectivity index (χ3n) is 3.35. The Balaban J connectivity index is 2.25. The van der Waals surface area contributed by atoms with Gasteiger partial charge in [0, 0.05) is 13.1 Å². The summed E-state index contributed by atoms with van der Waals surface area (Å²) in [7, 11) is 0. The Labute approximate surface area is 129 Å². The average molecular weight is 303 g/mol. The number of nitrogens with zero attached hydrogens (tertiary/aromatic N) is 3. The molecule has 1 heterocycles. The summed E-state index contributed by atoms with van der Waals surface area (Å²) in [4.78, 5) is 30.4. The Bertz CT molecular complexity index is 731. The molecule has 2 rings (SSSR count). The maximum atomic E-state index is 12.4. The third kappa shape index (κ3) is 3.71. The lowest BCUT2D eigenvalue weighted by Crippen LogP contribution is -2.44. The van der Waals surface area contributed by atoms with Crippen molar-refractivity contribution in [2.24, 2.45) is 0 Å². The molecule has 6 heteroatoms. The third-order valence-corrected chi connectivity index (χ3v) is 3.35. The molecular weight excluding hydrogens is 282 g/mol. The van der Waals surface area contributed by atoms with Crippen molar-refractivity contribution < 1.29 is 9.90 Å². The molecule has 0 unspecified atom stereocenters. The van der Waals surface area contributed by atoms with Crippen molar-refractivity contribution in [2.75, 3.05) is 13.1 Å². The predicted octanol–water partition coefficient (Wildman–Crippen LogP) is 1.02. The number of carbonyl (C=O) groups is 1. The van der Waals surface area contributed by atoms with E-state index in [-0.39, 0.29) is 24.6 Å². The number of fused-ring (bicyclic) bond motifs is 1. The fourth-order valence-electron chi connectivity index (χ4n) is 2.31. The molecule has 2 aromatic rings. The Kier molecular flexibility index (Phi) is 4.61. The zero-order chi connectivity index (χ0) is 16.3. The molecule has 0 radical (unpaired) electrons. The summed E-state index contributed by atoms with van der Waals surface area (Å²) in [6, 6.07) is 7.03. The van der Waals surface area contributed by atoms with Gasteiger partial charge in [-0.25, -0.2) is 4.98 Å². The van der Waals surface area contributed by atoms with E-state index in [1.54, 1.807) is 32.0 Å². The molecule has 0 fully saturated rings. The highest BCUT2D eigenvalue weighted by Gasteiger charge is 2.21. The average Bonchev–Trinajstić information content (AvgIpc) is 2.47. The second kappa shape index (κ2) is 6.27. The highest BCUT2D eigenvalue weighted by Crippen LogP contribution is 2.07. The Morgan fingerprint density at radius 2 is 2.05 bits per heavy atom. The summed E-state index contributed by atoms with van der Waals surface area (Å²) in [5.74, 6) is -0.219. The van der Waals surface area contributed by atoms with Crippen molar-refractivity contribution in [3.8, 4) is 0 Å². The second-order valence-electron chi connectivity index (χ2n) is 5.92. The van der Waals surface area contributed by atoms with Crippen LogP contribution in [0.4, 0.5) is 0 Å². The van der Waals surface area contributed by atoms with Crippen molar-refractivity contribution >= 4 is 16.8 Å². The highest BCUT2D eigenvalue weighted by molar-refractivity contribution is 5.79. The number of rotatable bonds is 5.